The van der Waals surface area contributed by atoms with E-state index in [9.17, 15) is 0 Å². The Labute approximate surface area is 168 Å². The summed E-state index contributed by atoms with van der Waals surface area (Å²) in [5.41, 5.74) is 1.00. The van der Waals surface area contributed by atoms with E-state index in [1.807, 2.05) is 0 Å². The molecule has 8 aliphatic rings. The van der Waals surface area contributed by atoms with Gasteiger partial charge in [0.25, 0.3) is 0 Å². The Kier molecular flexibility index (Phi) is 3.81. The van der Waals surface area contributed by atoms with Gasteiger partial charge in [-0.25, -0.2) is 9.13 Å². The molecule has 8 saturated carbocycles. The molecule has 152 valence electrons. The molecule has 9 rings (SSSR count). The number of hydrogen-bond donors (Lipinski definition) is 0. The molecule has 0 aromatic carbocycles. The van der Waals surface area contributed by atoms with Gasteiger partial charge < -0.3 is 9.90 Å². The van der Waals surface area contributed by atoms with Crippen molar-refractivity contribution in [2.24, 2.45) is 35.5 Å². The molecule has 0 spiro atoms. The van der Waals surface area contributed by atoms with Crippen LogP contribution in [0.3, 0.4) is 0 Å². The SMILES string of the molecule is O=C[O-].c1c[n+](C23CC4CC(CC(C4)C2)C3)cn1C12CC3CC(CC(C3)C1)C2. The number of carboxylic acid groups (broad SMARTS) is 1. The van der Waals surface area contributed by atoms with Crippen molar-refractivity contribution in [2.75, 3.05) is 0 Å². The van der Waals surface area contributed by atoms with Crippen LogP contribution in [-0.4, -0.2) is 11.0 Å². The summed E-state index contributed by atoms with van der Waals surface area (Å²) in [6.45, 7) is -0.500. The largest absolute Gasteiger partial charge is 0.554 e. The normalized spacial score (nSPS) is 49.7. The van der Waals surface area contributed by atoms with E-state index in [0.29, 0.717) is 11.1 Å². The van der Waals surface area contributed by atoms with Gasteiger partial charge in [-0.1, -0.05) is 0 Å². The lowest BCUT2D eigenvalue weighted by atomic mass is 9.53. The van der Waals surface area contributed by atoms with Gasteiger partial charge in [-0.3, -0.25) is 0 Å². The van der Waals surface area contributed by atoms with Crippen LogP contribution in [0.1, 0.15) is 77.0 Å². The van der Waals surface area contributed by atoms with Gasteiger partial charge in [-0.15, -0.1) is 0 Å². The van der Waals surface area contributed by atoms with Gasteiger partial charge in [0.1, 0.15) is 23.5 Å². The molecule has 0 N–H and O–H groups in total. The summed E-state index contributed by atoms with van der Waals surface area (Å²) in [4.78, 5) is 8.25. The van der Waals surface area contributed by atoms with Gasteiger partial charge in [-0.2, -0.15) is 0 Å². The monoisotopic (exact) mass is 382 g/mol. The van der Waals surface area contributed by atoms with E-state index in [-0.39, 0.29) is 0 Å². The zero-order valence-corrected chi connectivity index (χ0v) is 17.0. The molecule has 1 heterocycles. The number of rotatable bonds is 2. The fourth-order valence-electron chi connectivity index (χ4n) is 9.68. The summed E-state index contributed by atoms with van der Waals surface area (Å²) in [5, 5.41) is 8.25. The van der Waals surface area contributed by atoms with E-state index in [4.69, 9.17) is 9.90 Å². The first-order chi connectivity index (χ1) is 13.6. The lowest BCUT2D eigenvalue weighted by Gasteiger charge is -2.55. The van der Waals surface area contributed by atoms with Crippen LogP contribution >= 0.6 is 0 Å². The quantitative estimate of drug-likeness (QED) is 0.583. The van der Waals surface area contributed by atoms with Crippen molar-refractivity contribution in [2.45, 2.75) is 88.1 Å². The van der Waals surface area contributed by atoms with Crippen LogP contribution in [0.25, 0.3) is 0 Å². The second-order valence-electron chi connectivity index (χ2n) is 11.6. The standard InChI is InChI=1S/C23H33N2.CH2O2/c1-2-25(23-12-19-6-20(13-23)8-21(7-19)14-23)15-24(1)22-9-16-3-17(10-22)5-18(4-16)11-22;2-1-3/h1-2,15-21H,3-14H2;1H,(H,2,3)/q+1;/p-1. The third-order valence-electron chi connectivity index (χ3n) is 9.74. The first-order valence-electron chi connectivity index (χ1n) is 11.8. The van der Waals surface area contributed by atoms with Gasteiger partial charge >= 0.3 is 0 Å². The molecule has 4 heteroatoms. The van der Waals surface area contributed by atoms with Crippen LogP contribution in [0.2, 0.25) is 0 Å². The second-order valence-corrected chi connectivity index (χ2v) is 11.6. The number of imidazole rings is 1. The Balaban J connectivity index is 0.000000491. The lowest BCUT2D eigenvalue weighted by Crippen LogP contribution is -2.64. The Bertz CT molecular complexity index is 637. The van der Waals surface area contributed by atoms with E-state index in [0.717, 1.165) is 35.5 Å². The Morgan fingerprint density at radius 1 is 0.786 bits per heavy atom. The highest BCUT2D eigenvalue weighted by molar-refractivity contribution is 5.29. The summed E-state index contributed by atoms with van der Waals surface area (Å²) in [7, 11) is 0. The van der Waals surface area contributed by atoms with Crippen LogP contribution in [0.15, 0.2) is 18.7 Å². The van der Waals surface area contributed by atoms with E-state index in [1.165, 1.54) is 38.5 Å². The zero-order valence-electron chi connectivity index (χ0n) is 17.0. The Hall–Kier alpha value is -1.32. The first-order valence-corrected chi connectivity index (χ1v) is 11.8. The molecule has 4 nitrogen and oxygen atoms in total. The number of hydrogen-bond acceptors (Lipinski definition) is 2. The molecular weight excluding hydrogens is 348 g/mol. The highest BCUT2D eigenvalue weighted by Gasteiger charge is 2.57. The third kappa shape index (κ3) is 2.55. The molecule has 1 aromatic heterocycles. The summed E-state index contributed by atoms with van der Waals surface area (Å²) >= 11 is 0. The molecule has 0 unspecified atom stereocenters. The van der Waals surface area contributed by atoms with E-state index >= 15 is 0 Å². The van der Waals surface area contributed by atoms with Crippen LogP contribution in [-0.2, 0) is 15.9 Å². The van der Waals surface area contributed by atoms with Crippen molar-refractivity contribution in [3.63, 3.8) is 0 Å². The van der Waals surface area contributed by atoms with Crippen molar-refractivity contribution >= 4 is 6.47 Å². The Morgan fingerprint density at radius 2 is 1.18 bits per heavy atom. The maximum absolute atomic E-state index is 8.25. The molecule has 0 radical (unpaired) electrons. The predicted octanol–water partition coefficient (Wildman–Crippen LogP) is 2.99. The van der Waals surface area contributed by atoms with Crippen molar-refractivity contribution in [3.05, 3.63) is 18.7 Å². The van der Waals surface area contributed by atoms with E-state index in [2.05, 4.69) is 27.9 Å². The van der Waals surface area contributed by atoms with Crippen molar-refractivity contribution in [1.82, 2.24) is 4.57 Å². The van der Waals surface area contributed by atoms with Gasteiger partial charge in [-0.05, 0) is 113 Å². The smallest absolute Gasteiger partial charge is 0.244 e. The van der Waals surface area contributed by atoms with E-state index < -0.39 is 6.47 Å². The highest BCUT2D eigenvalue weighted by Crippen LogP contribution is 2.59. The number of nitrogens with zero attached hydrogens (tertiary/aromatic N) is 2. The maximum Gasteiger partial charge on any atom is 0.244 e. The van der Waals surface area contributed by atoms with Gasteiger partial charge in [0.2, 0.25) is 6.33 Å². The summed E-state index contributed by atoms with van der Waals surface area (Å²) < 4.78 is 5.46. The average Bonchev–Trinajstić information content (AvgIpc) is 3.12. The van der Waals surface area contributed by atoms with Crippen LogP contribution in [0.5, 0.6) is 0 Å². The van der Waals surface area contributed by atoms with Crippen molar-refractivity contribution in [3.8, 4) is 0 Å². The van der Waals surface area contributed by atoms with Crippen LogP contribution in [0, 0.1) is 35.5 Å². The molecule has 0 saturated heterocycles. The molecular formula is C24H34N2O2. The summed E-state index contributed by atoms with van der Waals surface area (Å²) in [6, 6.07) is 0. The molecule has 0 amide bonds. The van der Waals surface area contributed by atoms with Crippen LogP contribution in [0.4, 0.5) is 0 Å². The molecule has 0 atom stereocenters. The molecule has 0 aliphatic heterocycles. The maximum atomic E-state index is 8.25. The lowest BCUT2D eigenvalue weighted by molar-refractivity contribution is -0.776. The summed E-state index contributed by atoms with van der Waals surface area (Å²) in [5.74, 6) is 6.26. The zero-order chi connectivity index (χ0) is 18.9. The highest BCUT2D eigenvalue weighted by atomic mass is 16.3. The Morgan fingerprint density at radius 3 is 1.61 bits per heavy atom. The predicted molar refractivity (Wildman–Crippen MR) is 103 cm³/mol. The van der Waals surface area contributed by atoms with E-state index in [1.54, 1.807) is 38.5 Å². The first kappa shape index (κ1) is 17.5. The van der Waals surface area contributed by atoms with Crippen molar-refractivity contribution in [1.29, 1.82) is 0 Å². The number of aromatic nitrogens is 2. The molecule has 8 aliphatic carbocycles. The third-order valence-corrected chi connectivity index (χ3v) is 9.74. The fraction of sp³-hybridized carbons (Fsp3) is 0.833. The van der Waals surface area contributed by atoms with Gasteiger partial charge in [0.15, 0.2) is 0 Å². The minimum absolute atomic E-state index is 0.500. The minimum atomic E-state index is -0.500. The molecule has 1 aromatic rings. The number of carbonyl (C=O) groups excluding carboxylic acids is 1. The second kappa shape index (κ2) is 6.09. The fourth-order valence-corrected chi connectivity index (χ4v) is 9.68. The van der Waals surface area contributed by atoms with Crippen LogP contribution < -0.4 is 9.67 Å². The van der Waals surface area contributed by atoms with Gasteiger partial charge in [0.05, 0.1) is 0 Å². The number of carbonyl (C=O) groups is 1. The minimum Gasteiger partial charge on any atom is -0.554 e. The molecule has 28 heavy (non-hydrogen) atoms. The average molecular weight is 383 g/mol. The van der Waals surface area contributed by atoms with Crippen molar-refractivity contribution < 1.29 is 14.5 Å². The topological polar surface area (TPSA) is 48.9 Å². The molecule has 8 fully saturated rings. The molecule has 8 bridgehead atoms. The van der Waals surface area contributed by atoms with Gasteiger partial charge in [0, 0.05) is 6.47 Å². The summed E-state index contributed by atoms with van der Waals surface area (Å²) in [6.07, 6.45) is 25.8.